The Morgan fingerprint density at radius 2 is 1.89 bits per heavy atom. The zero-order chi connectivity index (χ0) is 19.3. The molecule has 1 fully saturated rings. The van der Waals surface area contributed by atoms with Crippen molar-refractivity contribution in [1.82, 2.24) is 19.9 Å². The van der Waals surface area contributed by atoms with Gasteiger partial charge in [-0.05, 0) is 33.3 Å². The van der Waals surface area contributed by atoms with Gasteiger partial charge in [0, 0.05) is 5.56 Å². The molecule has 0 spiro atoms. The number of aryl methyl sites for hydroxylation is 2. The summed E-state index contributed by atoms with van der Waals surface area (Å²) in [7, 11) is 0. The molecule has 0 aliphatic carbocycles. The van der Waals surface area contributed by atoms with Crippen LogP contribution in [0.3, 0.4) is 0 Å². The Morgan fingerprint density at radius 1 is 1.19 bits per heavy atom. The summed E-state index contributed by atoms with van der Waals surface area (Å²) < 4.78 is 7.07. The molecule has 27 heavy (non-hydrogen) atoms. The minimum Gasteiger partial charge on any atom is -0.473 e. The van der Waals surface area contributed by atoms with E-state index < -0.39 is 6.04 Å². The topological polar surface area (TPSA) is 85.6 Å². The number of carbonyl (C=O) groups excluding carboxylic acids is 1. The van der Waals surface area contributed by atoms with Crippen molar-refractivity contribution in [2.24, 2.45) is 0 Å². The van der Waals surface area contributed by atoms with E-state index in [0.29, 0.717) is 16.6 Å². The van der Waals surface area contributed by atoms with E-state index in [9.17, 15) is 9.59 Å². The number of rotatable bonds is 2. The Morgan fingerprint density at radius 3 is 2.52 bits per heavy atom. The Hall–Kier alpha value is -3.22. The fraction of sp³-hybridized carbons (Fsp3) is 0.300. The Bertz CT molecular complexity index is 1170. The molecule has 1 aliphatic heterocycles. The summed E-state index contributed by atoms with van der Waals surface area (Å²) in [6.45, 7) is 6.91. The van der Waals surface area contributed by atoms with Crippen LogP contribution in [-0.2, 0) is 9.53 Å². The van der Waals surface area contributed by atoms with Gasteiger partial charge in [0.15, 0.2) is 11.4 Å². The van der Waals surface area contributed by atoms with E-state index in [0.717, 1.165) is 16.8 Å². The standard InChI is InChI=1S/C20H20N4O3/c1-10-16(19-22-17(12(3)25)13(4)27-19)20(26)24-18(21-10)15(11(2)23-24)14-8-6-5-7-9-14/h5-9,13,17,22H,1-4H3/t13-,17-/m0/s1. The van der Waals surface area contributed by atoms with Crippen LogP contribution in [0.15, 0.2) is 35.1 Å². The van der Waals surface area contributed by atoms with E-state index in [-0.39, 0.29) is 23.3 Å². The Labute approximate surface area is 155 Å². The van der Waals surface area contributed by atoms with Crippen molar-refractivity contribution in [2.75, 3.05) is 0 Å². The molecule has 4 rings (SSSR count). The minimum atomic E-state index is -0.478. The Kier molecular flexibility index (Phi) is 3.95. The number of ether oxygens (including phenoxy) is 1. The van der Waals surface area contributed by atoms with E-state index in [1.54, 1.807) is 13.8 Å². The van der Waals surface area contributed by atoms with Crippen LogP contribution in [0.2, 0.25) is 0 Å². The van der Waals surface area contributed by atoms with Crippen molar-refractivity contribution in [3.63, 3.8) is 0 Å². The number of nitrogens with one attached hydrogen (secondary N) is 1. The van der Waals surface area contributed by atoms with E-state index >= 15 is 0 Å². The van der Waals surface area contributed by atoms with Crippen LogP contribution < -0.4 is 16.1 Å². The average Bonchev–Trinajstić information content (AvgIpc) is 3.16. The van der Waals surface area contributed by atoms with Gasteiger partial charge in [0.2, 0.25) is 5.88 Å². The van der Waals surface area contributed by atoms with Gasteiger partial charge in [0.1, 0.15) is 17.4 Å². The van der Waals surface area contributed by atoms with E-state index in [1.807, 2.05) is 37.3 Å². The van der Waals surface area contributed by atoms with E-state index in [2.05, 4.69) is 15.4 Å². The van der Waals surface area contributed by atoms with Crippen molar-refractivity contribution in [2.45, 2.75) is 39.8 Å². The maximum atomic E-state index is 13.2. The molecule has 0 bridgehead atoms. The SMILES string of the molecule is CC(=O)[C@@H]1NC(=c2c(C)nc3c(-c4ccccc4)c(C)nn3c2=O)O[C@H]1C. The van der Waals surface area contributed by atoms with Gasteiger partial charge in [-0.1, -0.05) is 30.3 Å². The number of benzene rings is 1. The van der Waals surface area contributed by atoms with Crippen molar-refractivity contribution >= 4 is 17.3 Å². The quantitative estimate of drug-likeness (QED) is 0.734. The van der Waals surface area contributed by atoms with E-state index in [4.69, 9.17) is 4.74 Å². The molecule has 138 valence electrons. The number of hydrogen-bond acceptors (Lipinski definition) is 6. The average molecular weight is 364 g/mol. The van der Waals surface area contributed by atoms with Crippen LogP contribution in [-0.4, -0.2) is 32.5 Å². The highest BCUT2D eigenvalue weighted by molar-refractivity contribution is 5.84. The lowest BCUT2D eigenvalue weighted by molar-refractivity contribution is -0.119. The molecule has 3 aromatic rings. The van der Waals surface area contributed by atoms with Crippen LogP contribution in [0, 0.1) is 13.8 Å². The van der Waals surface area contributed by atoms with Gasteiger partial charge >= 0.3 is 0 Å². The van der Waals surface area contributed by atoms with Crippen LogP contribution in [0.5, 0.6) is 0 Å². The number of hydrogen-bond donors (Lipinski definition) is 1. The highest BCUT2D eigenvalue weighted by Crippen LogP contribution is 2.26. The molecule has 0 saturated carbocycles. The van der Waals surface area contributed by atoms with Crippen molar-refractivity contribution in [1.29, 1.82) is 0 Å². The molecule has 1 saturated heterocycles. The van der Waals surface area contributed by atoms with Gasteiger partial charge in [-0.25, -0.2) is 4.98 Å². The molecule has 0 radical (unpaired) electrons. The highest BCUT2D eigenvalue weighted by atomic mass is 16.5. The van der Waals surface area contributed by atoms with Gasteiger partial charge in [0.05, 0.1) is 11.4 Å². The lowest BCUT2D eigenvalue weighted by Gasteiger charge is -2.07. The predicted octanol–water partition coefficient (Wildman–Crippen LogP) is 1.12. The first-order valence-corrected chi connectivity index (χ1v) is 8.81. The molecule has 2 atom stereocenters. The zero-order valence-corrected chi connectivity index (χ0v) is 15.6. The minimum absolute atomic E-state index is 0.0436. The molecule has 2 aromatic heterocycles. The summed E-state index contributed by atoms with van der Waals surface area (Å²) in [5.41, 5.74) is 3.24. The molecule has 1 aliphatic rings. The molecule has 3 heterocycles. The maximum Gasteiger partial charge on any atom is 0.287 e. The largest absolute Gasteiger partial charge is 0.473 e. The molecule has 1 N–H and O–H groups in total. The zero-order valence-electron chi connectivity index (χ0n) is 15.6. The van der Waals surface area contributed by atoms with Crippen molar-refractivity contribution in [3.05, 3.63) is 57.3 Å². The normalized spacial score (nSPS) is 21.2. The highest BCUT2D eigenvalue weighted by Gasteiger charge is 2.33. The lowest BCUT2D eigenvalue weighted by Crippen LogP contribution is -2.40. The van der Waals surface area contributed by atoms with Crippen LogP contribution in [0.1, 0.15) is 25.2 Å². The summed E-state index contributed by atoms with van der Waals surface area (Å²) in [6.07, 6.45) is -0.355. The second kappa shape index (κ2) is 6.19. The summed E-state index contributed by atoms with van der Waals surface area (Å²) >= 11 is 0. The number of ketones is 1. The van der Waals surface area contributed by atoms with Gasteiger partial charge in [-0.3, -0.25) is 9.59 Å². The third-order valence-electron chi connectivity index (χ3n) is 4.86. The summed E-state index contributed by atoms with van der Waals surface area (Å²) in [6, 6.07) is 9.27. The van der Waals surface area contributed by atoms with Crippen molar-refractivity contribution in [3.8, 4) is 11.1 Å². The first kappa shape index (κ1) is 17.2. The van der Waals surface area contributed by atoms with Crippen LogP contribution >= 0.6 is 0 Å². The number of Topliss-reactive ketones (excluding diaryl/α,β-unsaturated/α-hetero) is 1. The second-order valence-corrected chi connectivity index (χ2v) is 6.82. The van der Waals surface area contributed by atoms with Gasteiger partial charge in [-0.2, -0.15) is 9.61 Å². The summed E-state index contributed by atoms with van der Waals surface area (Å²) in [5.74, 6) is 0.243. The van der Waals surface area contributed by atoms with Gasteiger partial charge in [-0.15, -0.1) is 0 Å². The lowest BCUT2D eigenvalue weighted by atomic mass is 10.1. The maximum absolute atomic E-state index is 13.2. The fourth-order valence-electron chi connectivity index (χ4n) is 3.55. The number of carbonyl (C=O) groups is 1. The molecular formula is C20H20N4O3. The third kappa shape index (κ3) is 2.66. The first-order valence-electron chi connectivity index (χ1n) is 8.81. The third-order valence-corrected chi connectivity index (χ3v) is 4.86. The number of fused-ring (bicyclic) bond motifs is 1. The molecule has 0 unspecified atom stereocenters. The summed E-state index contributed by atoms with van der Waals surface area (Å²) in [5, 5.41) is 7.74. The number of nitrogens with zero attached hydrogens (tertiary/aromatic N) is 3. The van der Waals surface area contributed by atoms with Gasteiger partial charge < -0.3 is 10.1 Å². The van der Waals surface area contributed by atoms with Crippen LogP contribution in [0.25, 0.3) is 22.7 Å². The van der Waals surface area contributed by atoms with Gasteiger partial charge in [0.25, 0.3) is 5.56 Å². The van der Waals surface area contributed by atoms with Crippen molar-refractivity contribution < 1.29 is 9.53 Å². The number of aromatic nitrogens is 3. The molecule has 1 aromatic carbocycles. The van der Waals surface area contributed by atoms with Crippen LogP contribution in [0.4, 0.5) is 0 Å². The molecule has 0 amide bonds. The molecular weight excluding hydrogens is 344 g/mol. The second-order valence-electron chi connectivity index (χ2n) is 6.82. The Balaban J connectivity index is 1.99. The first-order chi connectivity index (χ1) is 12.9. The van der Waals surface area contributed by atoms with E-state index in [1.165, 1.54) is 11.4 Å². The molecule has 7 heteroatoms. The monoisotopic (exact) mass is 364 g/mol. The predicted molar refractivity (Wildman–Crippen MR) is 101 cm³/mol. The summed E-state index contributed by atoms with van der Waals surface area (Å²) in [4.78, 5) is 29.6. The molecule has 7 nitrogen and oxygen atoms in total. The smallest absolute Gasteiger partial charge is 0.287 e. The fourth-order valence-corrected chi connectivity index (χ4v) is 3.55.